The van der Waals surface area contributed by atoms with E-state index in [4.69, 9.17) is 5.73 Å². The molecule has 0 bridgehead atoms. The summed E-state index contributed by atoms with van der Waals surface area (Å²) in [6.07, 6.45) is 0.821. The molecule has 2 fully saturated rings. The van der Waals surface area contributed by atoms with Crippen molar-refractivity contribution in [1.82, 2.24) is 10.6 Å². The Morgan fingerprint density at radius 2 is 1.96 bits per heavy atom. The Kier molecular flexibility index (Phi) is 6.22. The van der Waals surface area contributed by atoms with Crippen molar-refractivity contribution >= 4 is 23.0 Å². The van der Waals surface area contributed by atoms with Crippen molar-refractivity contribution in [1.29, 1.82) is 0 Å². The third-order valence-corrected chi connectivity index (χ3v) is 5.53. The first-order valence-corrected chi connectivity index (χ1v) is 9.76. The Morgan fingerprint density at radius 1 is 1.25 bits per heavy atom. The number of hydrogen-bond donors (Lipinski definition) is 4. The molecule has 6 nitrogen and oxygen atoms in total. The summed E-state index contributed by atoms with van der Waals surface area (Å²) in [4.78, 5) is 14.6. The van der Waals surface area contributed by atoms with Gasteiger partial charge in [0.25, 0.3) is 5.91 Å². The van der Waals surface area contributed by atoms with Crippen LogP contribution < -0.4 is 26.6 Å². The highest BCUT2D eigenvalue weighted by Crippen LogP contribution is 2.33. The summed E-state index contributed by atoms with van der Waals surface area (Å²) in [5.41, 5.74) is 7.82. The summed E-state index contributed by atoms with van der Waals surface area (Å²) in [6, 6.07) is 1.70. The number of nitrogens with two attached hydrogens (primary N) is 1. The van der Waals surface area contributed by atoms with Gasteiger partial charge in [0.2, 0.25) is 0 Å². The number of rotatable bonds is 4. The minimum atomic E-state index is -4.34. The summed E-state index contributed by atoms with van der Waals surface area (Å²) in [5.74, 6) is -0.279. The predicted octanol–water partition coefficient (Wildman–Crippen LogP) is 2.71. The number of benzene rings is 1. The van der Waals surface area contributed by atoms with Crippen molar-refractivity contribution in [3.8, 4) is 0 Å². The number of alkyl halides is 3. The second kappa shape index (κ2) is 8.46. The van der Waals surface area contributed by atoms with Crippen LogP contribution >= 0.6 is 0 Å². The lowest BCUT2D eigenvalue weighted by Crippen LogP contribution is -2.57. The van der Waals surface area contributed by atoms with Gasteiger partial charge < -0.3 is 26.6 Å². The third kappa shape index (κ3) is 4.63. The van der Waals surface area contributed by atoms with Crippen LogP contribution in [-0.4, -0.2) is 50.8 Å². The molecule has 0 spiro atoms. The fourth-order valence-corrected chi connectivity index (χ4v) is 3.96. The van der Waals surface area contributed by atoms with Gasteiger partial charge in [-0.25, -0.2) is 0 Å². The lowest BCUT2D eigenvalue weighted by atomic mass is 9.95. The van der Waals surface area contributed by atoms with Crippen LogP contribution in [0, 0.1) is 0 Å². The van der Waals surface area contributed by atoms with Gasteiger partial charge >= 0.3 is 6.18 Å². The standard InChI is InChI=1S/C19H28F3N5O/c1-24-15-10-16(27-8-7-25-17(11-27)19(20,21)22)13(9-14(15)23)18(28)26-12-5-3-2-4-6-12/h9-10,12,17,24-25H,2-8,11,23H2,1H3,(H,26,28). The second-order valence-electron chi connectivity index (χ2n) is 7.51. The highest BCUT2D eigenvalue weighted by atomic mass is 19.4. The fourth-order valence-electron chi connectivity index (χ4n) is 3.96. The molecular formula is C19H28F3N5O. The molecule has 28 heavy (non-hydrogen) atoms. The van der Waals surface area contributed by atoms with Crippen LogP contribution in [0.1, 0.15) is 42.5 Å². The quantitative estimate of drug-likeness (QED) is 0.586. The zero-order valence-electron chi connectivity index (χ0n) is 16.0. The van der Waals surface area contributed by atoms with Gasteiger partial charge in [-0.1, -0.05) is 19.3 Å². The monoisotopic (exact) mass is 399 g/mol. The Labute approximate surface area is 163 Å². The van der Waals surface area contributed by atoms with Gasteiger partial charge in [0.15, 0.2) is 0 Å². The first kappa shape index (κ1) is 20.6. The summed E-state index contributed by atoms with van der Waals surface area (Å²) in [6.45, 7) is 0.316. The molecule has 1 unspecified atom stereocenters. The van der Waals surface area contributed by atoms with Crippen LogP contribution in [0.2, 0.25) is 0 Å². The zero-order valence-corrected chi connectivity index (χ0v) is 16.0. The van der Waals surface area contributed by atoms with Crippen LogP contribution in [0.25, 0.3) is 0 Å². The maximum atomic E-state index is 13.2. The van der Waals surface area contributed by atoms with E-state index in [1.165, 1.54) is 6.42 Å². The number of piperazine rings is 1. The Hall–Kier alpha value is -2.16. The fraction of sp³-hybridized carbons (Fsp3) is 0.632. The topological polar surface area (TPSA) is 82.4 Å². The van der Waals surface area contributed by atoms with E-state index in [9.17, 15) is 18.0 Å². The molecule has 1 aromatic carbocycles. The van der Waals surface area contributed by atoms with Gasteiger partial charge in [0.05, 0.1) is 22.6 Å². The van der Waals surface area contributed by atoms with Crippen LogP contribution in [0.3, 0.4) is 0 Å². The smallest absolute Gasteiger partial charge is 0.397 e. The maximum absolute atomic E-state index is 13.2. The number of amides is 1. The lowest BCUT2D eigenvalue weighted by Gasteiger charge is -2.37. The number of halogens is 3. The molecular weight excluding hydrogens is 371 g/mol. The largest absolute Gasteiger partial charge is 0.405 e. The second-order valence-corrected chi connectivity index (χ2v) is 7.51. The number of anilines is 3. The van der Waals surface area contributed by atoms with Gasteiger partial charge in [0.1, 0.15) is 6.04 Å². The molecule has 2 aliphatic rings. The van der Waals surface area contributed by atoms with Gasteiger partial charge in [-0.3, -0.25) is 4.79 Å². The van der Waals surface area contributed by atoms with Gasteiger partial charge in [-0.05, 0) is 25.0 Å². The lowest BCUT2D eigenvalue weighted by molar-refractivity contribution is -0.155. The van der Waals surface area contributed by atoms with Gasteiger partial charge in [-0.15, -0.1) is 0 Å². The Balaban J connectivity index is 1.88. The summed E-state index contributed by atoms with van der Waals surface area (Å²) >= 11 is 0. The molecule has 3 rings (SSSR count). The number of nitrogen functional groups attached to an aromatic ring is 1. The Morgan fingerprint density at radius 3 is 2.61 bits per heavy atom. The van der Waals surface area contributed by atoms with Crippen LogP contribution in [-0.2, 0) is 0 Å². The highest BCUT2D eigenvalue weighted by Gasteiger charge is 2.42. The molecule has 1 aliphatic heterocycles. The number of hydrogen-bond acceptors (Lipinski definition) is 5. The van der Waals surface area contributed by atoms with E-state index in [0.29, 0.717) is 29.2 Å². The molecule has 1 aliphatic carbocycles. The molecule has 1 saturated heterocycles. The van der Waals surface area contributed by atoms with E-state index in [1.807, 2.05) is 0 Å². The van der Waals surface area contributed by atoms with Crippen molar-refractivity contribution in [3.05, 3.63) is 17.7 Å². The van der Waals surface area contributed by atoms with Crippen molar-refractivity contribution in [2.45, 2.75) is 50.4 Å². The average Bonchev–Trinajstić information content (AvgIpc) is 2.68. The molecule has 5 N–H and O–H groups in total. The van der Waals surface area contributed by atoms with Gasteiger partial charge in [-0.2, -0.15) is 13.2 Å². The molecule has 1 amide bonds. The van der Waals surface area contributed by atoms with E-state index in [2.05, 4.69) is 16.0 Å². The number of carbonyl (C=O) groups is 1. The minimum Gasteiger partial charge on any atom is -0.397 e. The number of carbonyl (C=O) groups excluding carboxylic acids is 1. The third-order valence-electron chi connectivity index (χ3n) is 5.53. The van der Waals surface area contributed by atoms with E-state index < -0.39 is 12.2 Å². The van der Waals surface area contributed by atoms with E-state index in [-0.39, 0.29) is 25.0 Å². The summed E-state index contributed by atoms with van der Waals surface area (Å²) in [5, 5.41) is 8.49. The van der Waals surface area contributed by atoms with Crippen molar-refractivity contribution in [3.63, 3.8) is 0 Å². The predicted molar refractivity (Wildman–Crippen MR) is 105 cm³/mol. The van der Waals surface area contributed by atoms with E-state index in [0.717, 1.165) is 25.7 Å². The van der Waals surface area contributed by atoms with Gasteiger partial charge in [0, 0.05) is 32.7 Å². The summed E-state index contributed by atoms with van der Waals surface area (Å²) in [7, 11) is 1.69. The zero-order chi connectivity index (χ0) is 20.3. The SMILES string of the molecule is CNc1cc(N2CCNC(C(F)(F)F)C2)c(C(=O)NC2CCCCC2)cc1N. The summed E-state index contributed by atoms with van der Waals surface area (Å²) < 4.78 is 39.6. The molecule has 1 saturated carbocycles. The van der Waals surface area contributed by atoms with E-state index >= 15 is 0 Å². The normalized spacial score (nSPS) is 21.4. The molecule has 156 valence electrons. The van der Waals surface area contributed by atoms with Crippen LogP contribution in [0.5, 0.6) is 0 Å². The molecule has 0 radical (unpaired) electrons. The number of nitrogens with zero attached hydrogens (tertiary/aromatic N) is 1. The van der Waals surface area contributed by atoms with Crippen molar-refractivity contribution in [2.75, 3.05) is 42.6 Å². The van der Waals surface area contributed by atoms with Crippen molar-refractivity contribution in [2.24, 2.45) is 0 Å². The van der Waals surface area contributed by atoms with E-state index in [1.54, 1.807) is 24.1 Å². The van der Waals surface area contributed by atoms with Crippen LogP contribution in [0.4, 0.5) is 30.2 Å². The molecule has 1 atom stereocenters. The first-order valence-electron chi connectivity index (χ1n) is 9.76. The molecule has 1 aromatic rings. The molecule has 1 heterocycles. The minimum absolute atomic E-state index is 0.102. The average molecular weight is 399 g/mol. The Bertz CT molecular complexity index is 704. The molecule has 0 aromatic heterocycles. The number of nitrogens with one attached hydrogen (secondary N) is 3. The maximum Gasteiger partial charge on any atom is 0.405 e. The highest BCUT2D eigenvalue weighted by molar-refractivity contribution is 6.02. The molecule has 9 heteroatoms. The van der Waals surface area contributed by atoms with Crippen molar-refractivity contribution < 1.29 is 18.0 Å². The first-order chi connectivity index (χ1) is 13.3. The van der Waals surface area contributed by atoms with Crippen LogP contribution in [0.15, 0.2) is 12.1 Å².